The van der Waals surface area contributed by atoms with Crippen molar-refractivity contribution < 1.29 is 9.59 Å². The highest BCUT2D eigenvalue weighted by molar-refractivity contribution is 6.02. The summed E-state index contributed by atoms with van der Waals surface area (Å²) in [5.41, 5.74) is 3.85. The molecule has 3 aromatic rings. The molecule has 0 fully saturated rings. The topological polar surface area (TPSA) is 117 Å². The zero-order valence-electron chi connectivity index (χ0n) is 19.3. The van der Waals surface area contributed by atoms with Gasteiger partial charge in [-0.25, -0.2) is 19.7 Å². The van der Waals surface area contributed by atoms with E-state index in [1.165, 1.54) is 0 Å². The van der Waals surface area contributed by atoms with Crippen LogP contribution in [0.2, 0.25) is 0 Å². The van der Waals surface area contributed by atoms with Crippen LogP contribution in [0.15, 0.2) is 24.7 Å². The summed E-state index contributed by atoms with van der Waals surface area (Å²) in [6.45, 7) is 6.84. The number of rotatable bonds is 8. The number of pyridine rings is 2. The molecule has 0 saturated carbocycles. The van der Waals surface area contributed by atoms with Crippen LogP contribution in [0.1, 0.15) is 47.9 Å². The first-order valence-electron chi connectivity index (χ1n) is 11.3. The van der Waals surface area contributed by atoms with Crippen LogP contribution in [0.4, 0.5) is 16.4 Å². The number of amides is 2. The number of hydrogen-bond donors (Lipinski definition) is 3. The molecule has 1 aliphatic rings. The van der Waals surface area contributed by atoms with Gasteiger partial charge in [-0.05, 0) is 50.9 Å². The molecule has 0 unspecified atom stereocenters. The number of fused-ring (bicyclic) bond motifs is 2. The third kappa shape index (κ3) is 4.86. The molecule has 1 aliphatic heterocycles. The highest BCUT2D eigenvalue weighted by atomic mass is 16.2. The predicted molar refractivity (Wildman–Crippen MR) is 128 cm³/mol. The second kappa shape index (κ2) is 10.1. The Bertz CT molecular complexity index is 1160. The molecule has 0 aromatic carbocycles. The number of aldehydes is 1. The van der Waals surface area contributed by atoms with Gasteiger partial charge in [0, 0.05) is 38.3 Å². The van der Waals surface area contributed by atoms with Crippen molar-refractivity contribution in [1.82, 2.24) is 30.2 Å². The number of nitrogens with one attached hydrogen (secondary N) is 3. The van der Waals surface area contributed by atoms with Gasteiger partial charge in [0.05, 0.1) is 18.0 Å². The Hall–Kier alpha value is -3.37. The van der Waals surface area contributed by atoms with Gasteiger partial charge < -0.3 is 15.2 Å². The van der Waals surface area contributed by atoms with Crippen molar-refractivity contribution >= 4 is 35.0 Å². The largest absolute Gasteiger partial charge is 0.328 e. The zero-order valence-corrected chi connectivity index (χ0v) is 19.3. The lowest BCUT2D eigenvalue weighted by Gasteiger charge is -2.29. The Labute approximate surface area is 192 Å². The van der Waals surface area contributed by atoms with Gasteiger partial charge in [0.25, 0.3) is 0 Å². The third-order valence-corrected chi connectivity index (χ3v) is 5.75. The molecule has 174 valence electrons. The fraction of sp³-hybridized carbons (Fsp3) is 0.435. The fourth-order valence-corrected chi connectivity index (χ4v) is 4.02. The second-order valence-corrected chi connectivity index (χ2v) is 8.40. The molecular weight excluding hydrogens is 420 g/mol. The SMILES string of the molecule is CNCCNCc1cc2c(nc1C=O)N(C(=O)Nc1cc3c(cn1)ncn3C(C)C)CCC2. The highest BCUT2D eigenvalue weighted by Gasteiger charge is 2.26. The second-order valence-electron chi connectivity index (χ2n) is 8.40. The molecular formula is C23H30N8O2. The van der Waals surface area contributed by atoms with Crippen molar-refractivity contribution in [1.29, 1.82) is 0 Å². The van der Waals surface area contributed by atoms with Gasteiger partial charge in [-0.15, -0.1) is 0 Å². The maximum absolute atomic E-state index is 13.2. The number of aromatic nitrogens is 4. The first kappa shape index (κ1) is 22.8. The highest BCUT2D eigenvalue weighted by Crippen LogP contribution is 2.28. The number of carbonyl (C=O) groups excluding carboxylic acids is 2. The van der Waals surface area contributed by atoms with Gasteiger partial charge in [-0.3, -0.25) is 15.0 Å². The maximum atomic E-state index is 13.2. The fourth-order valence-electron chi connectivity index (χ4n) is 4.02. The zero-order chi connectivity index (χ0) is 23.4. The number of likely N-dealkylation sites (N-methyl/N-ethyl adjacent to an activating group) is 1. The molecule has 4 rings (SSSR count). The van der Waals surface area contributed by atoms with Crippen LogP contribution in [0.25, 0.3) is 11.0 Å². The molecule has 3 N–H and O–H groups in total. The number of carbonyl (C=O) groups is 2. The van der Waals surface area contributed by atoms with E-state index in [1.807, 2.05) is 23.7 Å². The van der Waals surface area contributed by atoms with Gasteiger partial charge in [-0.1, -0.05) is 0 Å². The van der Waals surface area contributed by atoms with E-state index in [1.54, 1.807) is 17.4 Å². The summed E-state index contributed by atoms with van der Waals surface area (Å²) in [4.78, 5) is 39.7. The summed E-state index contributed by atoms with van der Waals surface area (Å²) in [5.74, 6) is 0.983. The number of nitrogens with zero attached hydrogens (tertiary/aromatic N) is 5. The van der Waals surface area contributed by atoms with Crippen LogP contribution in [0.5, 0.6) is 0 Å². The molecule has 0 spiro atoms. The summed E-state index contributed by atoms with van der Waals surface area (Å²) in [6, 6.07) is 3.74. The molecule has 10 heteroatoms. The first-order chi connectivity index (χ1) is 16.0. The van der Waals surface area contributed by atoms with Crippen LogP contribution < -0.4 is 20.9 Å². The standard InChI is InChI=1S/C23H30N8O2/c1-15(2)31-14-27-18-12-26-21(10-20(18)31)29-23(33)30-8-4-5-16-9-17(11-25-7-6-24-3)19(13-32)28-22(16)30/h9-10,12-15,24-25H,4-8,11H2,1-3H3,(H,26,29,33). The quantitative estimate of drug-likeness (QED) is 0.357. The molecule has 33 heavy (non-hydrogen) atoms. The number of urea groups is 1. The minimum absolute atomic E-state index is 0.239. The number of imidazole rings is 1. The monoisotopic (exact) mass is 450 g/mol. The minimum Gasteiger partial charge on any atom is -0.328 e. The van der Waals surface area contributed by atoms with Crippen LogP contribution in [-0.2, 0) is 13.0 Å². The summed E-state index contributed by atoms with van der Waals surface area (Å²) in [6.07, 6.45) is 5.82. The van der Waals surface area contributed by atoms with Crippen LogP contribution in [-0.4, -0.2) is 58.5 Å². The predicted octanol–water partition coefficient (Wildman–Crippen LogP) is 2.51. The number of hydrogen-bond acceptors (Lipinski definition) is 7. The van der Waals surface area contributed by atoms with Crippen molar-refractivity contribution in [2.75, 3.05) is 36.9 Å². The Morgan fingerprint density at radius 3 is 2.85 bits per heavy atom. The molecule has 2 amide bonds. The molecule has 0 saturated heterocycles. The smallest absolute Gasteiger partial charge is 0.328 e. The molecule has 10 nitrogen and oxygen atoms in total. The van der Waals surface area contributed by atoms with E-state index < -0.39 is 0 Å². The normalized spacial score (nSPS) is 13.4. The van der Waals surface area contributed by atoms with E-state index >= 15 is 0 Å². The van der Waals surface area contributed by atoms with Crippen molar-refractivity contribution in [2.45, 2.75) is 39.3 Å². The molecule has 0 bridgehead atoms. The molecule has 4 heterocycles. The van der Waals surface area contributed by atoms with Crippen molar-refractivity contribution in [3.63, 3.8) is 0 Å². The van der Waals surface area contributed by atoms with E-state index in [-0.39, 0.29) is 12.1 Å². The van der Waals surface area contributed by atoms with E-state index in [2.05, 4.69) is 44.7 Å². The lowest BCUT2D eigenvalue weighted by molar-refractivity contribution is 0.111. The van der Waals surface area contributed by atoms with Gasteiger partial charge in [0.15, 0.2) is 6.29 Å². The van der Waals surface area contributed by atoms with Crippen LogP contribution in [0, 0.1) is 0 Å². The van der Waals surface area contributed by atoms with Gasteiger partial charge >= 0.3 is 6.03 Å². The molecule has 0 atom stereocenters. The van der Waals surface area contributed by atoms with E-state index in [9.17, 15) is 9.59 Å². The first-order valence-corrected chi connectivity index (χ1v) is 11.3. The lowest BCUT2D eigenvalue weighted by Crippen LogP contribution is -2.40. The van der Waals surface area contributed by atoms with Crippen molar-refractivity contribution in [2.24, 2.45) is 0 Å². The average Bonchev–Trinajstić information content (AvgIpc) is 3.24. The summed E-state index contributed by atoms with van der Waals surface area (Å²) >= 11 is 0. The van der Waals surface area contributed by atoms with E-state index in [4.69, 9.17) is 0 Å². The lowest BCUT2D eigenvalue weighted by atomic mass is 10.0. The molecule has 0 aliphatic carbocycles. The van der Waals surface area contributed by atoms with Crippen molar-refractivity contribution in [3.05, 3.63) is 41.5 Å². The summed E-state index contributed by atoms with van der Waals surface area (Å²) < 4.78 is 2.03. The Balaban J connectivity index is 1.56. The number of anilines is 2. The van der Waals surface area contributed by atoms with Gasteiger partial charge in [0.2, 0.25) is 0 Å². The van der Waals surface area contributed by atoms with E-state index in [0.29, 0.717) is 30.4 Å². The number of aryl methyl sites for hydroxylation is 1. The van der Waals surface area contributed by atoms with Crippen LogP contribution >= 0.6 is 0 Å². The third-order valence-electron chi connectivity index (χ3n) is 5.75. The van der Waals surface area contributed by atoms with Crippen LogP contribution in [0.3, 0.4) is 0 Å². The summed E-state index contributed by atoms with van der Waals surface area (Å²) in [5, 5.41) is 9.27. The van der Waals surface area contributed by atoms with Gasteiger partial charge in [0.1, 0.15) is 22.8 Å². The van der Waals surface area contributed by atoms with Gasteiger partial charge in [-0.2, -0.15) is 0 Å². The minimum atomic E-state index is -0.317. The Morgan fingerprint density at radius 2 is 2.09 bits per heavy atom. The summed E-state index contributed by atoms with van der Waals surface area (Å²) in [7, 11) is 1.89. The van der Waals surface area contributed by atoms with Crippen molar-refractivity contribution in [3.8, 4) is 0 Å². The maximum Gasteiger partial charge on any atom is 0.328 e. The Morgan fingerprint density at radius 1 is 1.24 bits per heavy atom. The molecule has 3 aromatic heterocycles. The average molecular weight is 451 g/mol. The Kier molecular flexibility index (Phi) is 6.95. The molecule has 0 radical (unpaired) electrons. The van der Waals surface area contributed by atoms with E-state index in [0.717, 1.165) is 54.4 Å².